The molecule has 5 rings (SSSR count). The van der Waals surface area contributed by atoms with Crippen LogP contribution >= 0.6 is 0 Å². The summed E-state index contributed by atoms with van der Waals surface area (Å²) >= 11 is 0. The summed E-state index contributed by atoms with van der Waals surface area (Å²) in [6, 6.07) is 11.7. The Bertz CT molecular complexity index is 1490. The van der Waals surface area contributed by atoms with Gasteiger partial charge >= 0.3 is 0 Å². The van der Waals surface area contributed by atoms with E-state index in [0.29, 0.717) is 11.6 Å². The highest BCUT2D eigenvalue weighted by molar-refractivity contribution is 5.82. The summed E-state index contributed by atoms with van der Waals surface area (Å²) < 4.78 is 3.62. The molecular formula is C24H20N8. The van der Waals surface area contributed by atoms with Gasteiger partial charge in [-0.05, 0) is 32.0 Å². The number of fused-ring (bicyclic) bond motifs is 1. The van der Waals surface area contributed by atoms with Crippen LogP contribution < -0.4 is 5.32 Å². The van der Waals surface area contributed by atoms with Gasteiger partial charge < -0.3 is 5.32 Å². The number of aryl methyl sites for hydroxylation is 2. The first-order chi connectivity index (χ1) is 15.5. The number of hydrogen-bond donors (Lipinski definition) is 1. The Kier molecular flexibility index (Phi) is 4.64. The van der Waals surface area contributed by atoms with Gasteiger partial charge in [0.1, 0.15) is 12.1 Å². The third kappa shape index (κ3) is 3.26. The lowest BCUT2D eigenvalue weighted by Crippen LogP contribution is -2.03. The highest BCUT2D eigenvalue weighted by Crippen LogP contribution is 2.30. The van der Waals surface area contributed by atoms with Crippen molar-refractivity contribution in [2.75, 3.05) is 5.32 Å². The highest BCUT2D eigenvalue weighted by atomic mass is 15.3. The summed E-state index contributed by atoms with van der Waals surface area (Å²) in [5.74, 6) is 4.63. The number of anilines is 2. The molecule has 0 radical (unpaired) electrons. The van der Waals surface area contributed by atoms with Crippen LogP contribution in [-0.2, 0) is 7.05 Å². The molecule has 8 nitrogen and oxygen atoms in total. The zero-order valence-electron chi connectivity index (χ0n) is 17.9. The van der Waals surface area contributed by atoms with Crippen LogP contribution in [0.5, 0.6) is 0 Å². The molecule has 0 aliphatic rings. The number of aromatic nitrogens is 7. The van der Waals surface area contributed by atoms with E-state index in [-0.39, 0.29) is 0 Å². The zero-order chi connectivity index (χ0) is 22.2. The third-order valence-corrected chi connectivity index (χ3v) is 5.39. The van der Waals surface area contributed by atoms with Gasteiger partial charge in [-0.1, -0.05) is 18.1 Å². The average Bonchev–Trinajstić information content (AvgIpc) is 3.30. The summed E-state index contributed by atoms with van der Waals surface area (Å²) in [6.07, 6.45) is 10.5. The molecule has 32 heavy (non-hydrogen) atoms. The van der Waals surface area contributed by atoms with Gasteiger partial charge in [-0.25, -0.2) is 14.6 Å². The number of benzene rings is 1. The van der Waals surface area contributed by atoms with Gasteiger partial charge in [0.25, 0.3) is 0 Å². The molecule has 0 amide bonds. The van der Waals surface area contributed by atoms with Crippen molar-refractivity contribution in [1.82, 2.24) is 34.5 Å². The van der Waals surface area contributed by atoms with Gasteiger partial charge in [-0.3, -0.25) is 9.67 Å². The molecule has 4 aromatic heterocycles. The van der Waals surface area contributed by atoms with Gasteiger partial charge in [-0.2, -0.15) is 10.2 Å². The summed E-state index contributed by atoms with van der Waals surface area (Å²) in [5.41, 5.74) is 5.70. The van der Waals surface area contributed by atoms with Crippen LogP contribution in [0.25, 0.3) is 28.0 Å². The van der Waals surface area contributed by atoms with E-state index in [1.54, 1.807) is 17.1 Å². The molecule has 0 aliphatic carbocycles. The number of nitrogens with zero attached hydrogens (tertiary/aromatic N) is 7. The Morgan fingerprint density at radius 1 is 1.03 bits per heavy atom. The molecule has 0 saturated heterocycles. The number of pyridine rings is 1. The normalized spacial score (nSPS) is 10.9. The minimum Gasteiger partial charge on any atom is -0.323 e. The van der Waals surface area contributed by atoms with Crippen molar-refractivity contribution in [3.05, 3.63) is 71.9 Å². The smallest absolute Gasteiger partial charge is 0.159 e. The van der Waals surface area contributed by atoms with E-state index >= 15 is 0 Å². The molecule has 156 valence electrons. The van der Waals surface area contributed by atoms with E-state index in [1.165, 1.54) is 6.33 Å². The largest absolute Gasteiger partial charge is 0.323 e. The van der Waals surface area contributed by atoms with Crippen molar-refractivity contribution in [2.45, 2.75) is 13.8 Å². The molecule has 0 atom stereocenters. The van der Waals surface area contributed by atoms with Crippen LogP contribution in [-0.4, -0.2) is 34.5 Å². The summed E-state index contributed by atoms with van der Waals surface area (Å²) in [5, 5.41) is 13.6. The van der Waals surface area contributed by atoms with Gasteiger partial charge in [0.2, 0.25) is 0 Å². The first-order valence-corrected chi connectivity index (χ1v) is 10.0. The summed E-state index contributed by atoms with van der Waals surface area (Å²) in [6.45, 7) is 3.99. The second-order valence-corrected chi connectivity index (χ2v) is 7.44. The van der Waals surface area contributed by atoms with Crippen molar-refractivity contribution in [1.29, 1.82) is 0 Å². The van der Waals surface area contributed by atoms with Crippen LogP contribution in [0, 0.1) is 26.2 Å². The highest BCUT2D eigenvalue weighted by Gasteiger charge is 2.16. The van der Waals surface area contributed by atoms with Crippen LogP contribution in [0.2, 0.25) is 0 Å². The molecule has 4 heterocycles. The molecule has 0 bridgehead atoms. The Balaban J connectivity index is 1.50. The minimum atomic E-state index is 0.621. The van der Waals surface area contributed by atoms with Crippen LogP contribution in [0.15, 0.2) is 55.1 Å². The van der Waals surface area contributed by atoms with Crippen molar-refractivity contribution in [3.63, 3.8) is 0 Å². The fourth-order valence-electron chi connectivity index (χ4n) is 3.82. The van der Waals surface area contributed by atoms with E-state index in [9.17, 15) is 0 Å². The lowest BCUT2D eigenvalue weighted by atomic mass is 10.1. The Labute approximate surface area is 185 Å². The molecule has 0 aliphatic heterocycles. The lowest BCUT2D eigenvalue weighted by molar-refractivity contribution is 0.778. The van der Waals surface area contributed by atoms with E-state index in [1.807, 2.05) is 62.0 Å². The Morgan fingerprint density at radius 3 is 2.62 bits per heavy atom. The predicted molar refractivity (Wildman–Crippen MR) is 124 cm³/mol. The van der Waals surface area contributed by atoms with Crippen LogP contribution in [0.1, 0.15) is 16.8 Å². The summed E-state index contributed by atoms with van der Waals surface area (Å²) in [7, 11) is 1.92. The van der Waals surface area contributed by atoms with Crippen LogP contribution in [0.4, 0.5) is 11.6 Å². The molecule has 0 saturated carbocycles. The fraction of sp³-hybridized carbons (Fsp3) is 0.125. The zero-order valence-corrected chi connectivity index (χ0v) is 17.9. The Hall–Kier alpha value is -4.51. The molecule has 0 fully saturated rings. The second-order valence-electron chi connectivity index (χ2n) is 7.44. The average molecular weight is 420 g/mol. The first-order valence-electron chi connectivity index (χ1n) is 10.0. The minimum absolute atomic E-state index is 0.621. The molecule has 1 aromatic carbocycles. The SMILES string of the molecule is C#Cc1ccc(-c2c(C)c(Nc3cc(-n4nc(C)c5ccncc54)ncn3)nn2C)cc1. The Morgan fingerprint density at radius 2 is 1.84 bits per heavy atom. The van der Waals surface area contributed by atoms with E-state index in [4.69, 9.17) is 6.42 Å². The number of nitrogens with one attached hydrogen (secondary N) is 1. The van der Waals surface area contributed by atoms with Gasteiger partial charge in [0.05, 0.1) is 23.1 Å². The van der Waals surface area contributed by atoms with Gasteiger partial charge in [0, 0.05) is 41.4 Å². The predicted octanol–water partition coefficient (Wildman–Crippen LogP) is 3.95. The van der Waals surface area contributed by atoms with Crippen molar-refractivity contribution < 1.29 is 0 Å². The fourth-order valence-corrected chi connectivity index (χ4v) is 3.82. The molecule has 1 N–H and O–H groups in total. The number of terminal acetylenes is 1. The second kappa shape index (κ2) is 7.63. The molecule has 5 aromatic rings. The first kappa shape index (κ1) is 19.5. The maximum atomic E-state index is 5.48. The lowest BCUT2D eigenvalue weighted by Gasteiger charge is -2.07. The van der Waals surface area contributed by atoms with E-state index < -0.39 is 0 Å². The quantitative estimate of drug-likeness (QED) is 0.443. The number of hydrogen-bond acceptors (Lipinski definition) is 6. The maximum Gasteiger partial charge on any atom is 0.159 e. The topological polar surface area (TPSA) is 86.3 Å². The van der Waals surface area contributed by atoms with Gasteiger partial charge in [0.15, 0.2) is 11.6 Å². The van der Waals surface area contributed by atoms with Gasteiger partial charge in [-0.15, -0.1) is 6.42 Å². The number of rotatable bonds is 4. The summed E-state index contributed by atoms with van der Waals surface area (Å²) in [4.78, 5) is 13.0. The maximum absolute atomic E-state index is 5.48. The molecular weight excluding hydrogens is 400 g/mol. The van der Waals surface area contributed by atoms with Crippen molar-refractivity contribution in [3.8, 4) is 29.4 Å². The van der Waals surface area contributed by atoms with E-state index in [0.717, 1.165) is 44.8 Å². The molecule has 0 unspecified atom stereocenters. The molecule has 0 spiro atoms. The molecule has 8 heteroatoms. The standard InChI is InChI=1S/C24H20N8/c1-5-17-6-8-18(9-7-17)23-15(2)24(30-31(23)4)28-21-12-22(27-14-26-21)32-20-13-25-11-10-19(20)16(3)29-32/h1,6-14H,2-4H3,(H,26,27,28,30). The monoisotopic (exact) mass is 420 g/mol. The van der Waals surface area contributed by atoms with Crippen molar-refractivity contribution >= 4 is 22.5 Å². The van der Waals surface area contributed by atoms with Crippen LogP contribution in [0.3, 0.4) is 0 Å². The van der Waals surface area contributed by atoms with Crippen molar-refractivity contribution in [2.24, 2.45) is 7.05 Å². The third-order valence-electron chi connectivity index (χ3n) is 5.39. The van der Waals surface area contributed by atoms with E-state index in [2.05, 4.69) is 36.4 Å².